The molecular weight excluding hydrogens is 356 g/mol. The maximum absolute atomic E-state index is 12.1. The van der Waals surface area contributed by atoms with Gasteiger partial charge in [0.05, 0.1) is 24.6 Å². The van der Waals surface area contributed by atoms with Crippen LogP contribution in [0.1, 0.15) is 16.8 Å². The number of ether oxygens (including phenoxy) is 1. The van der Waals surface area contributed by atoms with Crippen LogP contribution in [0, 0.1) is 0 Å². The molecular formula is C18H20N2O5S. The van der Waals surface area contributed by atoms with E-state index in [-0.39, 0.29) is 18.9 Å². The lowest BCUT2D eigenvalue weighted by molar-refractivity contribution is -0.116. The fourth-order valence-corrected chi connectivity index (χ4v) is 3.24. The number of benzene rings is 2. The molecule has 26 heavy (non-hydrogen) atoms. The van der Waals surface area contributed by atoms with Crippen molar-refractivity contribution in [3.8, 4) is 0 Å². The molecule has 2 rings (SSSR count). The van der Waals surface area contributed by atoms with Crippen molar-refractivity contribution in [2.24, 2.45) is 0 Å². The van der Waals surface area contributed by atoms with Crippen molar-refractivity contribution in [2.75, 3.05) is 29.5 Å². The highest BCUT2D eigenvalue weighted by Gasteiger charge is 2.18. The highest BCUT2D eigenvalue weighted by Crippen LogP contribution is 2.17. The zero-order chi connectivity index (χ0) is 19.2. The van der Waals surface area contributed by atoms with Gasteiger partial charge in [-0.05, 0) is 36.4 Å². The molecule has 0 aliphatic rings. The number of carbonyl (C=O) groups excluding carboxylic acids is 2. The van der Waals surface area contributed by atoms with Gasteiger partial charge >= 0.3 is 5.97 Å². The van der Waals surface area contributed by atoms with Crippen LogP contribution in [-0.4, -0.2) is 40.2 Å². The number of sulfonamides is 1. The highest BCUT2D eigenvalue weighted by atomic mass is 32.2. The van der Waals surface area contributed by atoms with Crippen molar-refractivity contribution in [1.82, 2.24) is 0 Å². The lowest BCUT2D eigenvalue weighted by Crippen LogP contribution is -2.33. The summed E-state index contributed by atoms with van der Waals surface area (Å²) in [6.45, 7) is 0.0227. The first-order valence-electron chi connectivity index (χ1n) is 7.82. The van der Waals surface area contributed by atoms with Crippen LogP contribution in [0.25, 0.3) is 0 Å². The monoisotopic (exact) mass is 376 g/mol. The molecule has 0 aliphatic carbocycles. The first-order valence-corrected chi connectivity index (χ1v) is 9.67. The largest absolute Gasteiger partial charge is 0.465 e. The van der Waals surface area contributed by atoms with E-state index < -0.39 is 16.0 Å². The number of amides is 1. The molecule has 0 heterocycles. The second-order valence-electron chi connectivity index (χ2n) is 5.54. The minimum Gasteiger partial charge on any atom is -0.465 e. The summed E-state index contributed by atoms with van der Waals surface area (Å²) in [5.74, 6) is -0.796. The van der Waals surface area contributed by atoms with E-state index in [1.165, 1.54) is 23.5 Å². The molecule has 0 saturated carbocycles. The van der Waals surface area contributed by atoms with Gasteiger partial charge in [-0.25, -0.2) is 13.2 Å². The molecule has 0 bridgehead atoms. The molecule has 0 radical (unpaired) electrons. The third kappa shape index (κ3) is 5.32. The quantitative estimate of drug-likeness (QED) is 0.748. The number of nitrogens with one attached hydrogen (secondary N) is 1. The predicted octanol–water partition coefficient (Wildman–Crippen LogP) is 2.27. The molecule has 0 unspecified atom stereocenters. The van der Waals surface area contributed by atoms with E-state index >= 15 is 0 Å². The summed E-state index contributed by atoms with van der Waals surface area (Å²) in [6, 6.07) is 14.8. The second kappa shape index (κ2) is 8.48. The third-order valence-corrected chi connectivity index (χ3v) is 4.77. The minimum absolute atomic E-state index is 0.0132. The smallest absolute Gasteiger partial charge is 0.337 e. The molecule has 0 aliphatic heterocycles. The molecule has 2 aromatic rings. The van der Waals surface area contributed by atoms with Crippen LogP contribution < -0.4 is 9.62 Å². The predicted molar refractivity (Wildman–Crippen MR) is 99.7 cm³/mol. The maximum atomic E-state index is 12.1. The first-order chi connectivity index (χ1) is 12.3. The van der Waals surface area contributed by atoms with Crippen LogP contribution in [0.15, 0.2) is 54.6 Å². The summed E-state index contributed by atoms with van der Waals surface area (Å²) < 4.78 is 29.8. The normalized spacial score (nSPS) is 10.8. The summed E-state index contributed by atoms with van der Waals surface area (Å²) in [5, 5.41) is 2.67. The topological polar surface area (TPSA) is 92.8 Å². The molecule has 0 saturated heterocycles. The van der Waals surface area contributed by atoms with E-state index in [4.69, 9.17) is 0 Å². The van der Waals surface area contributed by atoms with Gasteiger partial charge in [0.25, 0.3) is 0 Å². The van der Waals surface area contributed by atoms with Gasteiger partial charge in [-0.2, -0.15) is 0 Å². The van der Waals surface area contributed by atoms with Crippen LogP contribution >= 0.6 is 0 Å². The van der Waals surface area contributed by atoms with Gasteiger partial charge in [0, 0.05) is 18.7 Å². The minimum atomic E-state index is -3.50. The van der Waals surface area contributed by atoms with Gasteiger partial charge in [0.1, 0.15) is 0 Å². The Morgan fingerprint density at radius 1 is 1.04 bits per heavy atom. The van der Waals surface area contributed by atoms with Gasteiger partial charge < -0.3 is 10.1 Å². The number of rotatable bonds is 7. The Labute approximate surface area is 152 Å². The standard InChI is InChI=1S/C18H20N2O5S/c1-25-18(22)14-8-10-15(11-9-14)19-17(21)12-13-20(26(2,23)24)16-6-4-3-5-7-16/h3-11H,12-13H2,1-2H3,(H,19,21). The SMILES string of the molecule is COC(=O)c1ccc(NC(=O)CCN(c2ccccc2)S(C)(=O)=O)cc1. The van der Waals surface area contributed by atoms with E-state index in [1.54, 1.807) is 42.5 Å². The number of hydrogen-bond donors (Lipinski definition) is 1. The Morgan fingerprint density at radius 3 is 2.19 bits per heavy atom. The van der Waals surface area contributed by atoms with E-state index in [0.29, 0.717) is 16.9 Å². The molecule has 0 aromatic heterocycles. The van der Waals surface area contributed by atoms with Crippen molar-refractivity contribution in [3.05, 3.63) is 60.2 Å². The molecule has 0 spiro atoms. The Hall–Kier alpha value is -2.87. The van der Waals surface area contributed by atoms with Crippen LogP contribution in [0.2, 0.25) is 0 Å². The first kappa shape index (κ1) is 19.5. The van der Waals surface area contributed by atoms with Crippen LogP contribution in [0.5, 0.6) is 0 Å². The van der Waals surface area contributed by atoms with Gasteiger partial charge in [0.15, 0.2) is 0 Å². The average molecular weight is 376 g/mol. The lowest BCUT2D eigenvalue weighted by Gasteiger charge is -2.22. The molecule has 138 valence electrons. The Balaban J connectivity index is 1.99. The molecule has 7 nitrogen and oxygen atoms in total. The number of nitrogens with zero attached hydrogens (tertiary/aromatic N) is 1. The number of carbonyl (C=O) groups is 2. The highest BCUT2D eigenvalue weighted by molar-refractivity contribution is 7.92. The van der Waals surface area contributed by atoms with E-state index in [2.05, 4.69) is 10.1 Å². The van der Waals surface area contributed by atoms with Gasteiger partial charge in [-0.3, -0.25) is 9.10 Å². The van der Waals surface area contributed by atoms with Gasteiger partial charge in [0.2, 0.25) is 15.9 Å². The molecule has 1 N–H and O–H groups in total. The zero-order valence-electron chi connectivity index (χ0n) is 14.5. The number of hydrogen-bond acceptors (Lipinski definition) is 5. The fraction of sp³-hybridized carbons (Fsp3) is 0.222. The fourth-order valence-electron chi connectivity index (χ4n) is 2.31. The van der Waals surface area contributed by atoms with Crippen LogP contribution in [0.3, 0.4) is 0 Å². The maximum Gasteiger partial charge on any atom is 0.337 e. The van der Waals surface area contributed by atoms with E-state index in [1.807, 2.05) is 0 Å². The molecule has 0 atom stereocenters. The number of esters is 1. The van der Waals surface area contributed by atoms with E-state index in [9.17, 15) is 18.0 Å². The van der Waals surface area contributed by atoms with Gasteiger partial charge in [-0.1, -0.05) is 18.2 Å². The summed E-state index contributed by atoms with van der Waals surface area (Å²) in [7, 11) is -2.21. The summed E-state index contributed by atoms with van der Waals surface area (Å²) >= 11 is 0. The van der Waals surface area contributed by atoms with Crippen molar-refractivity contribution in [2.45, 2.75) is 6.42 Å². The van der Waals surface area contributed by atoms with Crippen molar-refractivity contribution >= 4 is 33.3 Å². The van der Waals surface area contributed by atoms with Crippen molar-refractivity contribution < 1.29 is 22.7 Å². The molecule has 0 fully saturated rings. The van der Waals surface area contributed by atoms with Crippen LogP contribution in [0.4, 0.5) is 11.4 Å². The molecule has 2 aromatic carbocycles. The summed E-state index contributed by atoms with van der Waals surface area (Å²) in [4.78, 5) is 23.5. The Morgan fingerprint density at radius 2 is 1.65 bits per heavy atom. The van der Waals surface area contributed by atoms with Crippen LogP contribution in [-0.2, 0) is 19.6 Å². The summed E-state index contributed by atoms with van der Waals surface area (Å²) in [5.41, 5.74) is 1.39. The van der Waals surface area contributed by atoms with Crippen molar-refractivity contribution in [3.63, 3.8) is 0 Å². The second-order valence-corrected chi connectivity index (χ2v) is 7.44. The number of methoxy groups -OCH3 is 1. The average Bonchev–Trinajstić information content (AvgIpc) is 2.61. The zero-order valence-corrected chi connectivity index (χ0v) is 15.3. The Kier molecular flexibility index (Phi) is 6.35. The molecule has 1 amide bonds. The number of anilines is 2. The molecule has 8 heteroatoms. The van der Waals surface area contributed by atoms with Gasteiger partial charge in [-0.15, -0.1) is 0 Å². The Bertz CT molecular complexity index is 864. The third-order valence-electron chi connectivity index (χ3n) is 3.58. The summed E-state index contributed by atoms with van der Waals surface area (Å²) in [6.07, 6.45) is 1.09. The lowest BCUT2D eigenvalue weighted by atomic mass is 10.2. The van der Waals surface area contributed by atoms with Crippen molar-refractivity contribution in [1.29, 1.82) is 0 Å². The van der Waals surface area contributed by atoms with E-state index in [0.717, 1.165) is 6.26 Å². The number of para-hydroxylation sites is 1.